The number of allylic oxidation sites excluding steroid dienone is 2. The van der Waals surface area contributed by atoms with Gasteiger partial charge in [0.1, 0.15) is 0 Å². The van der Waals surface area contributed by atoms with Crippen LogP contribution in [0.5, 0.6) is 0 Å². The summed E-state index contributed by atoms with van der Waals surface area (Å²) < 4.78 is 12.7. The van der Waals surface area contributed by atoms with Crippen LogP contribution in [0.3, 0.4) is 0 Å². The van der Waals surface area contributed by atoms with E-state index in [4.69, 9.17) is 0 Å². The molecule has 1 unspecified atom stereocenters. The predicted octanol–water partition coefficient (Wildman–Crippen LogP) is 0.559. The summed E-state index contributed by atoms with van der Waals surface area (Å²) in [4.78, 5) is 8.92. The summed E-state index contributed by atoms with van der Waals surface area (Å²) >= 11 is 0. The average molecular weight is 144 g/mol. The number of nitro groups is 1. The number of nitrogens with zero attached hydrogens (tertiary/aromatic N) is 1. The number of dihydropyridines is 1. The van der Waals surface area contributed by atoms with Crippen LogP contribution in [0, 0.1) is 10.1 Å². The monoisotopic (exact) mass is 144 g/mol. The highest BCUT2D eigenvalue weighted by molar-refractivity contribution is 5.12. The Morgan fingerprint density at radius 2 is 2.30 bits per heavy atom. The van der Waals surface area contributed by atoms with E-state index >= 15 is 0 Å². The van der Waals surface area contributed by atoms with Gasteiger partial charge in [0.05, 0.1) is 11.0 Å². The Balaban J connectivity index is 2.80. The maximum Gasteiger partial charge on any atom is 0.461 e. The molecule has 0 aromatic rings. The van der Waals surface area contributed by atoms with E-state index in [0.29, 0.717) is 0 Å². The summed E-state index contributed by atoms with van der Waals surface area (Å²) in [6, 6.07) is 0. The Labute approximate surface area is 56.2 Å². The number of alkyl halides is 1. The van der Waals surface area contributed by atoms with E-state index in [1.807, 2.05) is 5.32 Å². The topological polar surface area (TPSA) is 55.2 Å². The van der Waals surface area contributed by atoms with E-state index in [1.54, 1.807) is 0 Å². The molecule has 0 saturated heterocycles. The van der Waals surface area contributed by atoms with Crippen molar-refractivity contribution < 1.29 is 9.31 Å². The van der Waals surface area contributed by atoms with E-state index in [0.717, 1.165) is 6.08 Å². The smallest absolute Gasteiger partial charge is 0.295 e. The van der Waals surface area contributed by atoms with E-state index in [9.17, 15) is 14.5 Å². The molecule has 0 bridgehead atoms. The molecule has 1 rings (SSSR count). The number of nitrogens with one attached hydrogen (secondary N) is 1. The normalized spacial score (nSPS) is 29.7. The van der Waals surface area contributed by atoms with Crippen molar-refractivity contribution in [2.45, 2.75) is 5.92 Å². The molecule has 0 fully saturated rings. The highest BCUT2D eigenvalue weighted by Gasteiger charge is 2.39. The summed E-state index contributed by atoms with van der Waals surface area (Å²) in [5, 5.41) is 11.9. The fourth-order valence-corrected chi connectivity index (χ4v) is 0.565. The lowest BCUT2D eigenvalue weighted by Crippen LogP contribution is -2.44. The molecular formula is C5H5FN2O2. The summed E-state index contributed by atoms with van der Waals surface area (Å²) in [7, 11) is 0. The molecule has 54 valence electrons. The molecule has 0 aromatic carbocycles. The van der Waals surface area contributed by atoms with Gasteiger partial charge in [-0.05, 0) is 6.08 Å². The Morgan fingerprint density at radius 3 is 2.60 bits per heavy atom. The molecule has 1 N–H and O–H groups in total. The van der Waals surface area contributed by atoms with Crippen molar-refractivity contribution in [1.82, 2.24) is 5.32 Å². The van der Waals surface area contributed by atoms with Gasteiger partial charge in [0.2, 0.25) is 0 Å². The Bertz CT molecular complexity index is 214. The van der Waals surface area contributed by atoms with Crippen LogP contribution in [0.2, 0.25) is 0 Å². The third-order valence-electron chi connectivity index (χ3n) is 1.08. The second-order valence-corrected chi connectivity index (χ2v) is 1.79. The first kappa shape index (κ1) is 6.73. The molecule has 5 heteroatoms. The molecule has 0 aromatic heterocycles. The zero-order chi connectivity index (χ0) is 7.61. The summed E-state index contributed by atoms with van der Waals surface area (Å²) in [6.45, 7) is 0. The van der Waals surface area contributed by atoms with Crippen LogP contribution < -0.4 is 5.32 Å². The SMILES string of the molecule is O=[N+]([O-])C1(F)C=CC=CN1. The fraction of sp³-hybridized carbons (Fsp3) is 0.200. The van der Waals surface area contributed by atoms with Gasteiger partial charge in [-0.3, -0.25) is 15.4 Å². The molecule has 1 aliphatic rings. The van der Waals surface area contributed by atoms with Crippen LogP contribution in [0.1, 0.15) is 0 Å². The molecule has 1 aliphatic heterocycles. The zero-order valence-electron chi connectivity index (χ0n) is 4.95. The van der Waals surface area contributed by atoms with Crippen molar-refractivity contribution in [3.05, 3.63) is 34.5 Å². The van der Waals surface area contributed by atoms with E-state index < -0.39 is 10.8 Å². The summed E-state index contributed by atoms with van der Waals surface area (Å²) in [5.74, 6) is -2.62. The molecular weight excluding hydrogens is 139 g/mol. The van der Waals surface area contributed by atoms with Crippen LogP contribution in [0.4, 0.5) is 4.39 Å². The van der Waals surface area contributed by atoms with E-state index in [1.165, 1.54) is 18.4 Å². The lowest BCUT2D eigenvalue weighted by Gasteiger charge is -2.13. The van der Waals surface area contributed by atoms with Crippen molar-refractivity contribution in [2.75, 3.05) is 0 Å². The standard InChI is InChI=1S/C5H5FN2O2/c6-5(8(9)10)3-1-2-4-7-5/h1-4,7H. The third-order valence-corrected chi connectivity index (χ3v) is 1.08. The first-order chi connectivity index (χ1) is 4.65. The van der Waals surface area contributed by atoms with Gasteiger partial charge >= 0.3 is 5.92 Å². The van der Waals surface area contributed by atoms with Crippen molar-refractivity contribution >= 4 is 0 Å². The first-order valence-corrected chi connectivity index (χ1v) is 2.61. The molecule has 0 spiro atoms. The molecule has 0 aliphatic carbocycles. The van der Waals surface area contributed by atoms with Gasteiger partial charge in [-0.2, -0.15) is 0 Å². The number of hydrogen-bond acceptors (Lipinski definition) is 3. The predicted molar refractivity (Wildman–Crippen MR) is 32.2 cm³/mol. The Morgan fingerprint density at radius 1 is 1.60 bits per heavy atom. The molecule has 4 nitrogen and oxygen atoms in total. The van der Waals surface area contributed by atoms with Crippen molar-refractivity contribution in [3.63, 3.8) is 0 Å². The largest absolute Gasteiger partial charge is 0.461 e. The van der Waals surface area contributed by atoms with Gasteiger partial charge in [0.25, 0.3) is 0 Å². The molecule has 1 atom stereocenters. The lowest BCUT2D eigenvalue weighted by molar-refractivity contribution is -0.595. The second-order valence-electron chi connectivity index (χ2n) is 1.79. The van der Waals surface area contributed by atoms with Crippen LogP contribution in [0.25, 0.3) is 0 Å². The maximum atomic E-state index is 12.7. The zero-order valence-corrected chi connectivity index (χ0v) is 4.95. The van der Waals surface area contributed by atoms with Gasteiger partial charge in [-0.1, -0.05) is 6.08 Å². The highest BCUT2D eigenvalue weighted by Crippen LogP contribution is 2.12. The third kappa shape index (κ3) is 0.975. The minimum atomic E-state index is -2.62. The Kier molecular flexibility index (Phi) is 1.41. The molecule has 0 radical (unpaired) electrons. The first-order valence-electron chi connectivity index (χ1n) is 2.61. The van der Waals surface area contributed by atoms with Crippen LogP contribution in [-0.4, -0.2) is 10.8 Å². The quantitative estimate of drug-likeness (QED) is 0.332. The van der Waals surface area contributed by atoms with Crippen LogP contribution in [0.15, 0.2) is 24.4 Å². The van der Waals surface area contributed by atoms with Crippen LogP contribution >= 0.6 is 0 Å². The number of halogens is 1. The minimum Gasteiger partial charge on any atom is -0.295 e. The molecule has 0 amide bonds. The van der Waals surface area contributed by atoms with Crippen molar-refractivity contribution in [1.29, 1.82) is 0 Å². The van der Waals surface area contributed by atoms with E-state index in [2.05, 4.69) is 0 Å². The van der Waals surface area contributed by atoms with Crippen molar-refractivity contribution in [3.8, 4) is 0 Å². The average Bonchev–Trinajstić information content (AvgIpc) is 1.89. The van der Waals surface area contributed by atoms with Crippen LogP contribution in [-0.2, 0) is 0 Å². The van der Waals surface area contributed by atoms with Gasteiger partial charge in [-0.25, -0.2) is 0 Å². The van der Waals surface area contributed by atoms with Gasteiger partial charge in [0, 0.05) is 6.20 Å². The number of hydrogen-bond donors (Lipinski definition) is 1. The Hall–Kier alpha value is -1.39. The molecule has 10 heavy (non-hydrogen) atoms. The summed E-state index contributed by atoms with van der Waals surface area (Å²) in [6.07, 6.45) is 4.77. The molecule has 0 saturated carbocycles. The fourth-order valence-electron chi connectivity index (χ4n) is 0.565. The van der Waals surface area contributed by atoms with Gasteiger partial charge in [0.15, 0.2) is 0 Å². The van der Waals surface area contributed by atoms with Gasteiger partial charge < -0.3 is 0 Å². The maximum absolute atomic E-state index is 12.7. The van der Waals surface area contributed by atoms with Gasteiger partial charge in [-0.15, -0.1) is 4.39 Å². The minimum absolute atomic E-state index is 0.840. The molecule has 1 heterocycles. The summed E-state index contributed by atoms with van der Waals surface area (Å²) in [5.41, 5.74) is 0. The lowest BCUT2D eigenvalue weighted by atomic mass is 10.3. The number of rotatable bonds is 1. The second kappa shape index (κ2) is 2.09. The van der Waals surface area contributed by atoms with E-state index in [-0.39, 0.29) is 0 Å². The van der Waals surface area contributed by atoms with Crippen molar-refractivity contribution in [2.24, 2.45) is 0 Å². The highest BCUT2D eigenvalue weighted by atomic mass is 19.2.